The summed E-state index contributed by atoms with van der Waals surface area (Å²) in [4.78, 5) is 28.3. The zero-order chi connectivity index (χ0) is 28.6. The molecule has 0 saturated carbocycles. The molecule has 0 fully saturated rings. The molecule has 39 heavy (non-hydrogen) atoms. The van der Waals surface area contributed by atoms with Gasteiger partial charge in [0.2, 0.25) is 11.8 Å². The molecule has 2 amide bonds. The minimum Gasteiger partial charge on any atom is -0.354 e. The summed E-state index contributed by atoms with van der Waals surface area (Å²) in [5, 5.41) is 3.27. The molecule has 3 aromatic carbocycles. The summed E-state index contributed by atoms with van der Waals surface area (Å²) < 4.78 is 28.5. The number of hydrogen-bond donors (Lipinski definition) is 1. The van der Waals surface area contributed by atoms with Crippen LogP contribution in [0.5, 0.6) is 0 Å². The normalized spacial score (nSPS) is 12.2. The Kier molecular flexibility index (Phi) is 10.8. The number of nitrogens with zero attached hydrogens (tertiary/aromatic N) is 2. The molecule has 0 bridgehead atoms. The van der Waals surface area contributed by atoms with Crippen molar-refractivity contribution in [2.45, 2.75) is 38.1 Å². The number of benzene rings is 3. The summed E-state index contributed by atoms with van der Waals surface area (Å²) in [6.07, 6.45) is 0.488. The second-order valence-corrected chi connectivity index (χ2v) is 12.3. The lowest BCUT2D eigenvalue weighted by molar-refractivity contribution is -0.138. The Balaban J connectivity index is 1.98. The first kappa shape index (κ1) is 30.5. The number of hydrogen-bond acceptors (Lipinski definition) is 4. The molecule has 208 valence electrons. The van der Waals surface area contributed by atoms with Crippen LogP contribution in [0.1, 0.15) is 26.3 Å². The smallest absolute Gasteiger partial charge is 0.264 e. The second-order valence-electron chi connectivity index (χ2n) is 9.56. The van der Waals surface area contributed by atoms with Gasteiger partial charge in [-0.2, -0.15) is 0 Å². The second kappa shape index (κ2) is 13.8. The van der Waals surface area contributed by atoms with Crippen LogP contribution in [-0.4, -0.2) is 50.8 Å². The number of rotatable bonds is 12. The van der Waals surface area contributed by atoms with Crippen molar-refractivity contribution in [2.24, 2.45) is 5.92 Å². The van der Waals surface area contributed by atoms with Gasteiger partial charge in [0.25, 0.3) is 10.0 Å². The van der Waals surface area contributed by atoms with Crippen LogP contribution in [0.3, 0.4) is 0 Å². The van der Waals surface area contributed by atoms with Gasteiger partial charge in [-0.05, 0) is 55.2 Å². The lowest BCUT2D eigenvalue weighted by Gasteiger charge is -2.32. The summed E-state index contributed by atoms with van der Waals surface area (Å²) in [7, 11) is -4.19. The number of carbonyl (C=O) groups excluding carboxylic acids is 2. The first-order valence-corrected chi connectivity index (χ1v) is 14.8. The van der Waals surface area contributed by atoms with Crippen LogP contribution in [0.4, 0.5) is 5.69 Å². The predicted octanol–water partition coefficient (Wildman–Crippen LogP) is 5.42. The Morgan fingerprint density at radius 2 is 1.51 bits per heavy atom. The van der Waals surface area contributed by atoms with Crippen LogP contribution < -0.4 is 9.62 Å². The minimum absolute atomic E-state index is 0.00220. The fraction of sp³-hybridized carbons (Fsp3) is 0.310. The van der Waals surface area contributed by atoms with Gasteiger partial charge in [0.1, 0.15) is 12.6 Å². The highest BCUT2D eigenvalue weighted by atomic mass is 35.5. The van der Waals surface area contributed by atoms with Crippen molar-refractivity contribution in [3.05, 3.63) is 94.5 Å². The first-order valence-electron chi connectivity index (χ1n) is 12.6. The summed E-state index contributed by atoms with van der Waals surface area (Å²) in [6.45, 7) is 5.71. The molecule has 0 unspecified atom stereocenters. The number of carbonyl (C=O) groups is 2. The van der Waals surface area contributed by atoms with Crippen LogP contribution in [0.15, 0.2) is 83.8 Å². The van der Waals surface area contributed by atoms with E-state index in [1.807, 2.05) is 44.2 Å². The van der Waals surface area contributed by atoms with Gasteiger partial charge in [0.15, 0.2) is 0 Å². The maximum atomic E-state index is 13.9. The van der Waals surface area contributed by atoms with Crippen LogP contribution in [0, 0.1) is 5.92 Å². The number of amides is 2. The van der Waals surface area contributed by atoms with Crippen molar-refractivity contribution in [1.29, 1.82) is 0 Å². The van der Waals surface area contributed by atoms with Gasteiger partial charge < -0.3 is 10.2 Å². The van der Waals surface area contributed by atoms with E-state index in [2.05, 4.69) is 5.32 Å². The van der Waals surface area contributed by atoms with E-state index in [4.69, 9.17) is 23.2 Å². The zero-order valence-corrected chi connectivity index (χ0v) is 24.5. The van der Waals surface area contributed by atoms with Gasteiger partial charge in [-0.3, -0.25) is 13.9 Å². The molecule has 10 heteroatoms. The molecule has 0 saturated heterocycles. The summed E-state index contributed by atoms with van der Waals surface area (Å²) in [5.74, 6) is -0.621. The van der Waals surface area contributed by atoms with Crippen molar-refractivity contribution >= 4 is 50.7 Å². The fourth-order valence-corrected chi connectivity index (χ4v) is 5.95. The minimum atomic E-state index is -4.19. The predicted molar refractivity (Wildman–Crippen MR) is 157 cm³/mol. The SMILES string of the molecule is CC(C)CNC(=O)[C@H](C)N(CCc1ccccc1)C(=O)CN(c1ccc(Cl)cc1Cl)S(=O)(=O)c1ccccc1. The standard InChI is InChI=1S/C29H33Cl2N3O4S/c1-21(2)19-32-29(36)22(3)33(17-16-23-10-6-4-7-11-23)28(35)20-34(27-15-14-24(30)18-26(27)31)39(37,38)25-12-8-5-9-13-25/h4-15,18,21-22H,16-17,19-20H2,1-3H3,(H,32,36)/t22-/m0/s1. The van der Waals surface area contributed by atoms with Crippen LogP contribution in [0.2, 0.25) is 10.0 Å². The van der Waals surface area contributed by atoms with E-state index in [0.29, 0.717) is 18.0 Å². The Hall–Kier alpha value is -3.07. The quantitative estimate of drug-likeness (QED) is 0.305. The van der Waals surface area contributed by atoms with E-state index in [1.165, 1.54) is 35.2 Å². The van der Waals surface area contributed by atoms with Crippen LogP contribution in [-0.2, 0) is 26.0 Å². The molecule has 7 nitrogen and oxygen atoms in total. The van der Waals surface area contributed by atoms with Crippen molar-refractivity contribution in [3.8, 4) is 0 Å². The third-order valence-corrected chi connectivity index (χ3v) is 8.44. The molecule has 0 spiro atoms. The van der Waals surface area contributed by atoms with E-state index >= 15 is 0 Å². The summed E-state index contributed by atoms with van der Waals surface area (Å²) in [5.41, 5.74) is 1.10. The summed E-state index contributed by atoms with van der Waals surface area (Å²) in [6, 6.07) is 20.9. The highest BCUT2D eigenvalue weighted by Gasteiger charge is 2.33. The van der Waals surface area contributed by atoms with Gasteiger partial charge in [0.05, 0.1) is 15.6 Å². The van der Waals surface area contributed by atoms with Crippen LogP contribution >= 0.6 is 23.2 Å². The average molecular weight is 591 g/mol. The van der Waals surface area contributed by atoms with E-state index in [-0.39, 0.29) is 34.0 Å². The average Bonchev–Trinajstić information content (AvgIpc) is 2.91. The Morgan fingerprint density at radius 1 is 0.897 bits per heavy atom. The third-order valence-electron chi connectivity index (χ3n) is 6.12. The lowest BCUT2D eigenvalue weighted by Crippen LogP contribution is -2.52. The Bertz CT molecular complexity index is 1370. The highest BCUT2D eigenvalue weighted by molar-refractivity contribution is 7.92. The largest absolute Gasteiger partial charge is 0.354 e. The lowest BCUT2D eigenvalue weighted by atomic mass is 10.1. The molecule has 0 aliphatic carbocycles. The van der Waals surface area contributed by atoms with Crippen molar-refractivity contribution < 1.29 is 18.0 Å². The number of anilines is 1. The van der Waals surface area contributed by atoms with Crippen molar-refractivity contribution in [3.63, 3.8) is 0 Å². The molecule has 0 radical (unpaired) electrons. The van der Waals surface area contributed by atoms with Crippen LogP contribution in [0.25, 0.3) is 0 Å². The van der Waals surface area contributed by atoms with Crippen molar-refractivity contribution in [1.82, 2.24) is 10.2 Å². The molecule has 0 aliphatic heterocycles. The highest BCUT2D eigenvalue weighted by Crippen LogP contribution is 2.32. The van der Waals surface area contributed by atoms with Gasteiger partial charge in [-0.1, -0.05) is 85.6 Å². The molecular formula is C29H33Cl2N3O4S. The molecule has 1 N–H and O–H groups in total. The van der Waals surface area contributed by atoms with Gasteiger partial charge in [0, 0.05) is 18.1 Å². The van der Waals surface area contributed by atoms with Crippen molar-refractivity contribution in [2.75, 3.05) is 23.9 Å². The van der Waals surface area contributed by atoms with E-state index in [0.717, 1.165) is 9.87 Å². The molecule has 1 atom stereocenters. The van der Waals surface area contributed by atoms with Gasteiger partial charge in [-0.25, -0.2) is 8.42 Å². The molecule has 0 aliphatic rings. The summed E-state index contributed by atoms with van der Waals surface area (Å²) >= 11 is 12.5. The number of halogens is 2. The maximum Gasteiger partial charge on any atom is 0.264 e. The molecule has 0 aromatic heterocycles. The monoisotopic (exact) mass is 589 g/mol. The van der Waals surface area contributed by atoms with Gasteiger partial charge in [-0.15, -0.1) is 0 Å². The molecule has 3 rings (SSSR count). The molecular weight excluding hydrogens is 557 g/mol. The zero-order valence-electron chi connectivity index (χ0n) is 22.2. The fourth-order valence-electron chi connectivity index (χ4n) is 3.94. The van der Waals surface area contributed by atoms with E-state index in [1.54, 1.807) is 25.1 Å². The van der Waals surface area contributed by atoms with E-state index in [9.17, 15) is 18.0 Å². The Morgan fingerprint density at radius 3 is 2.10 bits per heavy atom. The Labute approximate surface area is 240 Å². The van der Waals surface area contributed by atoms with E-state index < -0.39 is 28.5 Å². The maximum absolute atomic E-state index is 13.9. The number of sulfonamides is 1. The molecule has 3 aromatic rings. The topological polar surface area (TPSA) is 86.8 Å². The third kappa shape index (κ3) is 8.21. The molecule has 0 heterocycles. The van der Waals surface area contributed by atoms with Gasteiger partial charge >= 0.3 is 0 Å². The first-order chi connectivity index (χ1) is 18.5. The number of nitrogens with one attached hydrogen (secondary N) is 1.